The summed E-state index contributed by atoms with van der Waals surface area (Å²) in [5.41, 5.74) is 0.387. The van der Waals surface area contributed by atoms with Crippen molar-refractivity contribution in [2.75, 3.05) is 32.9 Å². The van der Waals surface area contributed by atoms with Crippen molar-refractivity contribution >= 4 is 35.1 Å². The molecule has 2 N–H and O–H groups in total. The summed E-state index contributed by atoms with van der Waals surface area (Å²) < 4.78 is 16.5. The van der Waals surface area contributed by atoms with Crippen LogP contribution < -0.4 is 15.4 Å². The molecule has 9 nitrogen and oxygen atoms in total. The number of nitrogens with zero attached hydrogens (tertiary/aromatic N) is 1. The smallest absolute Gasteiger partial charge is 0.308 e. The highest BCUT2D eigenvalue weighted by Gasteiger charge is 2.34. The minimum Gasteiger partial charge on any atom is -0.494 e. The van der Waals surface area contributed by atoms with Crippen LogP contribution in [0, 0.1) is 5.92 Å². The molecule has 0 aliphatic carbocycles. The first-order chi connectivity index (χ1) is 16.3. The summed E-state index contributed by atoms with van der Waals surface area (Å²) in [6.07, 6.45) is 2.44. The van der Waals surface area contributed by atoms with E-state index >= 15 is 0 Å². The molecule has 2 fully saturated rings. The van der Waals surface area contributed by atoms with Crippen molar-refractivity contribution in [3.05, 3.63) is 29.8 Å². The summed E-state index contributed by atoms with van der Waals surface area (Å²) in [7, 11) is 0. The van der Waals surface area contributed by atoms with Gasteiger partial charge in [0.05, 0.1) is 19.1 Å². The maximum atomic E-state index is 12.8. The Kier molecular flexibility index (Phi) is 9.64. The van der Waals surface area contributed by atoms with Gasteiger partial charge in [0.2, 0.25) is 5.91 Å². The number of rotatable bonds is 9. The normalized spacial score (nSPS) is 20.1. The van der Waals surface area contributed by atoms with Crippen LogP contribution in [-0.4, -0.2) is 72.9 Å². The second-order valence-corrected chi connectivity index (χ2v) is 9.23. The lowest BCUT2D eigenvalue weighted by Gasteiger charge is -2.36. The first-order valence-corrected chi connectivity index (χ1v) is 12.1. The van der Waals surface area contributed by atoms with Crippen LogP contribution in [0.15, 0.2) is 24.3 Å². The van der Waals surface area contributed by atoms with Gasteiger partial charge in [0.1, 0.15) is 18.4 Å². The van der Waals surface area contributed by atoms with Crippen LogP contribution in [0.25, 0.3) is 0 Å². The Morgan fingerprint density at radius 3 is 2.91 bits per heavy atom. The molecular weight excluding hydrogens is 458 g/mol. The van der Waals surface area contributed by atoms with Crippen molar-refractivity contribution < 1.29 is 28.6 Å². The monoisotopic (exact) mass is 491 g/mol. The highest BCUT2D eigenvalue weighted by molar-refractivity contribution is 7.80. The van der Waals surface area contributed by atoms with Gasteiger partial charge in [-0.15, -0.1) is 0 Å². The summed E-state index contributed by atoms with van der Waals surface area (Å²) in [5.74, 6) is -0.138. The lowest BCUT2D eigenvalue weighted by molar-refractivity contribution is -0.150. The molecule has 2 aliphatic rings. The number of carbonyl (C=O) groups excluding carboxylic acids is 3. The van der Waals surface area contributed by atoms with E-state index in [1.54, 1.807) is 29.2 Å². The fourth-order valence-electron chi connectivity index (χ4n) is 3.72. The molecule has 34 heavy (non-hydrogen) atoms. The van der Waals surface area contributed by atoms with E-state index in [0.29, 0.717) is 43.5 Å². The number of benzene rings is 1. The molecule has 2 aliphatic heterocycles. The van der Waals surface area contributed by atoms with Gasteiger partial charge in [0, 0.05) is 25.3 Å². The van der Waals surface area contributed by atoms with E-state index in [4.69, 9.17) is 26.4 Å². The maximum absolute atomic E-state index is 12.8. The third-order valence-electron chi connectivity index (χ3n) is 5.69. The summed E-state index contributed by atoms with van der Waals surface area (Å²) in [4.78, 5) is 39.2. The van der Waals surface area contributed by atoms with Crippen molar-refractivity contribution in [2.45, 2.75) is 51.7 Å². The van der Waals surface area contributed by atoms with E-state index in [2.05, 4.69) is 24.5 Å². The van der Waals surface area contributed by atoms with E-state index in [-0.39, 0.29) is 30.2 Å². The van der Waals surface area contributed by atoms with Crippen LogP contribution in [0.4, 0.5) is 0 Å². The number of carbonyl (C=O) groups is 3. The van der Waals surface area contributed by atoms with Gasteiger partial charge in [-0.1, -0.05) is 19.9 Å². The Labute approximate surface area is 205 Å². The molecule has 2 saturated heterocycles. The third-order valence-corrected chi connectivity index (χ3v) is 6.02. The minimum absolute atomic E-state index is 0.0860. The van der Waals surface area contributed by atoms with Gasteiger partial charge in [-0.3, -0.25) is 19.7 Å². The predicted molar refractivity (Wildman–Crippen MR) is 130 cm³/mol. The predicted octanol–water partition coefficient (Wildman–Crippen LogP) is 2.04. The average Bonchev–Trinajstić information content (AvgIpc) is 3.32. The van der Waals surface area contributed by atoms with Crippen LogP contribution in [0.1, 0.15) is 49.9 Å². The molecular formula is C24H33N3O6S. The van der Waals surface area contributed by atoms with Crippen molar-refractivity contribution in [1.82, 2.24) is 15.5 Å². The molecule has 3 rings (SSSR count). The topological polar surface area (TPSA) is 106 Å². The van der Waals surface area contributed by atoms with Gasteiger partial charge in [-0.2, -0.15) is 0 Å². The SMILES string of the molecule is CC(C)CCOc1cccc(C(=O)NC(=S)N2CCNC(=O)C2CC(=O)OCC2CCCO2)c1. The van der Waals surface area contributed by atoms with Crippen LogP contribution in [-0.2, 0) is 19.1 Å². The lowest BCUT2D eigenvalue weighted by Crippen LogP contribution is -2.60. The molecule has 2 unspecified atom stereocenters. The van der Waals surface area contributed by atoms with Crippen LogP contribution in [0.2, 0.25) is 0 Å². The Bertz CT molecular complexity index is 887. The van der Waals surface area contributed by atoms with Crippen molar-refractivity contribution in [2.24, 2.45) is 5.92 Å². The van der Waals surface area contributed by atoms with Crippen LogP contribution in [0.3, 0.4) is 0 Å². The molecule has 0 saturated carbocycles. The van der Waals surface area contributed by atoms with Crippen LogP contribution >= 0.6 is 12.2 Å². The first kappa shape index (κ1) is 25.9. The fourth-order valence-corrected chi connectivity index (χ4v) is 4.03. The van der Waals surface area contributed by atoms with E-state index in [9.17, 15) is 14.4 Å². The quantitative estimate of drug-likeness (QED) is 0.399. The number of nitrogens with one attached hydrogen (secondary N) is 2. The second-order valence-electron chi connectivity index (χ2n) is 8.84. The van der Waals surface area contributed by atoms with Gasteiger partial charge in [-0.25, -0.2) is 0 Å². The molecule has 2 atom stereocenters. The number of ether oxygens (including phenoxy) is 3. The molecule has 1 aromatic carbocycles. The highest BCUT2D eigenvalue weighted by atomic mass is 32.1. The summed E-state index contributed by atoms with van der Waals surface area (Å²) >= 11 is 5.43. The average molecular weight is 492 g/mol. The zero-order chi connectivity index (χ0) is 24.5. The molecule has 0 bridgehead atoms. The van der Waals surface area contributed by atoms with Gasteiger partial charge < -0.3 is 24.4 Å². The highest BCUT2D eigenvalue weighted by Crippen LogP contribution is 2.16. The van der Waals surface area contributed by atoms with E-state index in [1.165, 1.54) is 0 Å². The Hall–Kier alpha value is -2.72. The second kappa shape index (κ2) is 12.7. The molecule has 0 spiro atoms. The van der Waals surface area contributed by atoms with E-state index < -0.39 is 17.9 Å². The largest absolute Gasteiger partial charge is 0.494 e. The summed E-state index contributed by atoms with van der Waals surface area (Å²) in [6.45, 7) is 6.36. The van der Waals surface area contributed by atoms with Crippen molar-refractivity contribution in [1.29, 1.82) is 0 Å². The Morgan fingerprint density at radius 1 is 1.35 bits per heavy atom. The standard InChI is InChI=1S/C24H33N3O6S/c1-16(2)8-12-32-18-6-3-5-17(13-18)22(29)26-24(34)27-10-9-25-23(30)20(27)14-21(28)33-15-19-7-4-11-31-19/h3,5-6,13,16,19-20H,4,7-12,14-15H2,1-2H3,(H,25,30)(H,26,29,34). The molecule has 186 valence electrons. The number of esters is 1. The Morgan fingerprint density at radius 2 is 2.18 bits per heavy atom. The first-order valence-electron chi connectivity index (χ1n) is 11.7. The van der Waals surface area contributed by atoms with Gasteiger partial charge >= 0.3 is 5.97 Å². The molecule has 2 heterocycles. The van der Waals surface area contributed by atoms with Gasteiger partial charge in [-0.05, 0) is 55.6 Å². The number of hydrogen-bond acceptors (Lipinski definition) is 7. The molecule has 0 aromatic heterocycles. The number of amides is 2. The van der Waals surface area contributed by atoms with E-state index in [0.717, 1.165) is 19.3 Å². The van der Waals surface area contributed by atoms with Crippen molar-refractivity contribution in [3.8, 4) is 5.75 Å². The summed E-state index contributed by atoms with van der Waals surface area (Å²) in [5, 5.41) is 5.50. The number of hydrogen-bond donors (Lipinski definition) is 2. The summed E-state index contributed by atoms with van der Waals surface area (Å²) in [6, 6.07) is 5.99. The molecule has 2 amide bonds. The third kappa shape index (κ3) is 7.66. The lowest BCUT2D eigenvalue weighted by atomic mass is 10.1. The fraction of sp³-hybridized carbons (Fsp3) is 0.583. The zero-order valence-corrected chi connectivity index (χ0v) is 20.5. The minimum atomic E-state index is -0.857. The molecule has 0 radical (unpaired) electrons. The number of thiocarbonyl (C=S) groups is 1. The van der Waals surface area contributed by atoms with Crippen LogP contribution in [0.5, 0.6) is 5.75 Å². The van der Waals surface area contributed by atoms with Crippen molar-refractivity contribution in [3.63, 3.8) is 0 Å². The maximum Gasteiger partial charge on any atom is 0.308 e. The van der Waals surface area contributed by atoms with E-state index in [1.807, 2.05) is 0 Å². The van der Waals surface area contributed by atoms with Gasteiger partial charge in [0.15, 0.2) is 5.11 Å². The number of piperazine rings is 1. The van der Waals surface area contributed by atoms with Gasteiger partial charge in [0.25, 0.3) is 5.91 Å². The molecule has 10 heteroatoms. The molecule has 1 aromatic rings. The Balaban J connectivity index is 1.56. The zero-order valence-electron chi connectivity index (χ0n) is 19.7.